The monoisotopic (exact) mass is 351 g/mol. The molecule has 0 saturated heterocycles. The largest absolute Gasteiger partial charge is 0.574 e. The van der Waals surface area contributed by atoms with E-state index in [2.05, 4.69) is 9.72 Å². The second-order valence-corrected chi connectivity index (χ2v) is 4.05. The van der Waals surface area contributed by atoms with Gasteiger partial charge >= 0.3 is 6.36 Å². The molecule has 0 aliphatic heterocycles. The third-order valence-electron chi connectivity index (χ3n) is 1.54. The lowest BCUT2D eigenvalue weighted by Gasteiger charge is -2.11. The molecule has 0 fully saturated rings. The summed E-state index contributed by atoms with van der Waals surface area (Å²) in [4.78, 5) is 3.66. The average Bonchev–Trinajstić information content (AvgIpc) is 2.08. The smallest absolute Gasteiger partial charge is 0.388 e. The molecule has 0 spiro atoms. The van der Waals surface area contributed by atoms with E-state index in [4.69, 9.17) is 11.6 Å². The van der Waals surface area contributed by atoms with E-state index in [-0.39, 0.29) is 5.88 Å². The van der Waals surface area contributed by atoms with Gasteiger partial charge < -0.3 is 4.74 Å². The zero-order valence-corrected chi connectivity index (χ0v) is 10.4. The molecule has 0 atom stereocenters. The van der Waals surface area contributed by atoms with E-state index in [9.17, 15) is 13.2 Å². The summed E-state index contributed by atoms with van der Waals surface area (Å²) in [7, 11) is 0. The fourth-order valence-electron chi connectivity index (χ4n) is 0.960. The Bertz CT molecular complexity index is 370. The maximum atomic E-state index is 11.9. The number of aryl methyl sites for hydroxylation is 1. The highest BCUT2D eigenvalue weighted by molar-refractivity contribution is 14.1. The normalized spacial score (nSPS) is 11.6. The van der Waals surface area contributed by atoms with Crippen LogP contribution in [0.15, 0.2) is 6.07 Å². The summed E-state index contributed by atoms with van der Waals surface area (Å²) in [6.45, 7) is 1.60. The lowest BCUT2D eigenvalue weighted by atomic mass is 10.2. The SMILES string of the molecule is Cc1nc(OC(F)(F)F)cc(CCl)c1I. The Kier molecular flexibility index (Phi) is 4.05. The first-order valence-corrected chi connectivity index (χ1v) is 5.42. The Morgan fingerprint density at radius 3 is 2.60 bits per heavy atom. The molecular formula is C8H6ClF3INO. The number of ether oxygens (including phenoxy) is 1. The lowest BCUT2D eigenvalue weighted by Crippen LogP contribution is -2.18. The van der Waals surface area contributed by atoms with Crippen molar-refractivity contribution in [3.8, 4) is 5.88 Å². The molecule has 1 heterocycles. The molecule has 0 saturated carbocycles. The predicted molar refractivity (Wildman–Crippen MR) is 57.9 cm³/mol. The van der Waals surface area contributed by atoms with Gasteiger partial charge in [-0.05, 0) is 35.1 Å². The number of nitrogens with zero attached hydrogens (tertiary/aromatic N) is 1. The molecular weight excluding hydrogens is 345 g/mol. The van der Waals surface area contributed by atoms with Crippen molar-refractivity contribution in [2.45, 2.75) is 19.2 Å². The van der Waals surface area contributed by atoms with Crippen LogP contribution in [0.2, 0.25) is 0 Å². The molecule has 2 nitrogen and oxygen atoms in total. The standard InChI is InChI=1S/C8H6ClF3INO/c1-4-7(13)5(3-9)2-6(14-4)15-8(10,11)12/h2H,3H2,1H3. The molecule has 15 heavy (non-hydrogen) atoms. The van der Waals surface area contributed by atoms with Crippen molar-refractivity contribution in [1.29, 1.82) is 0 Å². The Balaban J connectivity index is 3.06. The van der Waals surface area contributed by atoms with Crippen LogP contribution in [0.4, 0.5) is 13.2 Å². The molecule has 0 aliphatic carbocycles. The molecule has 0 bridgehead atoms. The van der Waals surface area contributed by atoms with E-state index in [1.165, 1.54) is 6.07 Å². The zero-order chi connectivity index (χ0) is 11.6. The molecule has 0 aliphatic rings. The second kappa shape index (κ2) is 4.73. The van der Waals surface area contributed by atoms with Gasteiger partial charge in [0.2, 0.25) is 5.88 Å². The molecule has 1 aromatic heterocycles. The average molecular weight is 351 g/mol. The van der Waals surface area contributed by atoms with Gasteiger partial charge in [0, 0.05) is 15.5 Å². The van der Waals surface area contributed by atoms with Crippen molar-refractivity contribution < 1.29 is 17.9 Å². The summed E-state index contributed by atoms with van der Waals surface area (Å²) in [5.41, 5.74) is 1.04. The summed E-state index contributed by atoms with van der Waals surface area (Å²) >= 11 is 7.55. The number of pyridine rings is 1. The maximum Gasteiger partial charge on any atom is 0.574 e. The fourth-order valence-corrected chi connectivity index (χ4v) is 1.86. The van der Waals surface area contributed by atoms with Crippen LogP contribution < -0.4 is 4.74 Å². The van der Waals surface area contributed by atoms with Crippen molar-refractivity contribution in [2.24, 2.45) is 0 Å². The van der Waals surface area contributed by atoms with E-state index in [0.29, 0.717) is 11.3 Å². The van der Waals surface area contributed by atoms with Crippen LogP contribution in [0.25, 0.3) is 0 Å². The van der Waals surface area contributed by atoms with Crippen molar-refractivity contribution in [2.75, 3.05) is 0 Å². The van der Waals surface area contributed by atoms with Crippen molar-refractivity contribution in [3.63, 3.8) is 0 Å². The van der Waals surface area contributed by atoms with Crippen LogP contribution in [-0.2, 0) is 5.88 Å². The van der Waals surface area contributed by atoms with Gasteiger partial charge in [0.15, 0.2) is 0 Å². The van der Waals surface area contributed by atoms with Gasteiger partial charge in [0.1, 0.15) is 0 Å². The highest BCUT2D eigenvalue weighted by atomic mass is 127. The molecule has 84 valence electrons. The topological polar surface area (TPSA) is 22.1 Å². The zero-order valence-electron chi connectivity index (χ0n) is 7.53. The van der Waals surface area contributed by atoms with Crippen molar-refractivity contribution >= 4 is 34.2 Å². The van der Waals surface area contributed by atoms with E-state index in [1.807, 2.05) is 22.6 Å². The Morgan fingerprint density at radius 2 is 2.13 bits per heavy atom. The maximum absolute atomic E-state index is 11.9. The van der Waals surface area contributed by atoms with E-state index in [1.54, 1.807) is 6.92 Å². The van der Waals surface area contributed by atoms with Crippen LogP contribution in [0.1, 0.15) is 11.3 Å². The number of hydrogen-bond acceptors (Lipinski definition) is 2. The number of hydrogen-bond donors (Lipinski definition) is 0. The van der Waals surface area contributed by atoms with Gasteiger partial charge in [-0.25, -0.2) is 4.98 Å². The van der Waals surface area contributed by atoms with Crippen LogP contribution in [-0.4, -0.2) is 11.3 Å². The van der Waals surface area contributed by atoms with E-state index in [0.717, 1.165) is 3.57 Å². The van der Waals surface area contributed by atoms with E-state index < -0.39 is 12.2 Å². The highest BCUT2D eigenvalue weighted by Gasteiger charge is 2.32. The Labute approximate surface area is 103 Å². The quantitative estimate of drug-likeness (QED) is 0.600. The number of rotatable bonds is 2. The van der Waals surface area contributed by atoms with Crippen LogP contribution in [0.5, 0.6) is 5.88 Å². The van der Waals surface area contributed by atoms with Crippen LogP contribution >= 0.6 is 34.2 Å². The predicted octanol–water partition coefficient (Wildman–Crippen LogP) is 3.63. The first-order chi connectivity index (χ1) is 6.83. The fraction of sp³-hybridized carbons (Fsp3) is 0.375. The minimum absolute atomic E-state index is 0.121. The van der Waals surface area contributed by atoms with Crippen LogP contribution in [0.3, 0.4) is 0 Å². The molecule has 7 heteroatoms. The summed E-state index contributed by atoms with van der Waals surface area (Å²) in [6.07, 6.45) is -4.73. The molecule has 0 unspecified atom stereocenters. The number of alkyl halides is 4. The summed E-state index contributed by atoms with van der Waals surface area (Å²) < 4.78 is 40.2. The molecule has 1 aromatic rings. The summed E-state index contributed by atoms with van der Waals surface area (Å²) in [6, 6.07) is 1.19. The van der Waals surface area contributed by atoms with Gasteiger partial charge in [-0.3, -0.25) is 0 Å². The minimum Gasteiger partial charge on any atom is -0.388 e. The third kappa shape index (κ3) is 3.67. The summed E-state index contributed by atoms with van der Waals surface area (Å²) in [5, 5.41) is 0. The summed E-state index contributed by atoms with van der Waals surface area (Å²) in [5.74, 6) is -0.355. The molecule has 0 amide bonds. The molecule has 0 radical (unpaired) electrons. The first kappa shape index (κ1) is 12.8. The van der Waals surface area contributed by atoms with Gasteiger partial charge in [0.25, 0.3) is 0 Å². The van der Waals surface area contributed by atoms with Gasteiger partial charge in [-0.15, -0.1) is 24.8 Å². The second-order valence-electron chi connectivity index (χ2n) is 2.70. The third-order valence-corrected chi connectivity index (χ3v) is 3.30. The number of halogens is 5. The lowest BCUT2D eigenvalue weighted by molar-refractivity contribution is -0.276. The molecule has 0 aromatic carbocycles. The van der Waals surface area contributed by atoms with Gasteiger partial charge in [-0.1, -0.05) is 0 Å². The molecule has 0 N–H and O–H groups in total. The number of aromatic nitrogens is 1. The van der Waals surface area contributed by atoms with Crippen molar-refractivity contribution in [3.05, 3.63) is 20.9 Å². The molecule has 1 rings (SSSR count). The highest BCUT2D eigenvalue weighted by Crippen LogP contribution is 2.26. The van der Waals surface area contributed by atoms with Gasteiger partial charge in [0.05, 0.1) is 5.69 Å². The van der Waals surface area contributed by atoms with Crippen LogP contribution in [0, 0.1) is 10.5 Å². The first-order valence-electron chi connectivity index (χ1n) is 3.81. The van der Waals surface area contributed by atoms with Gasteiger partial charge in [-0.2, -0.15) is 0 Å². The Morgan fingerprint density at radius 1 is 1.53 bits per heavy atom. The Hall–Kier alpha value is -0.240. The minimum atomic E-state index is -4.73. The van der Waals surface area contributed by atoms with E-state index >= 15 is 0 Å². The van der Waals surface area contributed by atoms with Crippen molar-refractivity contribution in [1.82, 2.24) is 4.98 Å².